The van der Waals surface area contributed by atoms with E-state index in [1.807, 2.05) is 0 Å². The van der Waals surface area contributed by atoms with E-state index < -0.39 is 6.04 Å². The summed E-state index contributed by atoms with van der Waals surface area (Å²) in [5.74, 6) is 0.358. The van der Waals surface area contributed by atoms with Crippen molar-refractivity contribution in [3.05, 3.63) is 17.5 Å². The van der Waals surface area contributed by atoms with Gasteiger partial charge in [-0.05, 0) is 0 Å². The van der Waals surface area contributed by atoms with Crippen LogP contribution in [0.2, 0.25) is 5.15 Å². The van der Waals surface area contributed by atoms with Crippen LogP contribution in [0.3, 0.4) is 0 Å². The number of nitrogens with one attached hydrogen (secondary N) is 2. The molecule has 84 valence electrons. The molecule has 1 saturated heterocycles. The fourth-order valence-electron chi connectivity index (χ4n) is 1.14. The molecule has 1 atom stereocenters. The van der Waals surface area contributed by atoms with Crippen molar-refractivity contribution < 1.29 is 9.59 Å². The molecule has 2 amide bonds. The average molecular weight is 259 g/mol. The third kappa shape index (κ3) is 2.61. The highest BCUT2D eigenvalue weighted by Crippen LogP contribution is 2.14. The maximum atomic E-state index is 11.6. The molecule has 8 heteroatoms. The molecule has 2 N–H and O–H groups in total. The van der Waals surface area contributed by atoms with E-state index in [0.717, 1.165) is 11.8 Å². The van der Waals surface area contributed by atoms with Crippen molar-refractivity contribution in [2.45, 2.75) is 6.04 Å². The summed E-state index contributed by atoms with van der Waals surface area (Å²) in [4.78, 5) is 30.1. The molecule has 6 nitrogen and oxygen atoms in total. The van der Waals surface area contributed by atoms with Crippen LogP contribution in [-0.2, 0) is 4.79 Å². The Morgan fingerprint density at radius 3 is 3.06 bits per heavy atom. The first-order chi connectivity index (χ1) is 7.65. The van der Waals surface area contributed by atoms with Crippen LogP contribution in [0.25, 0.3) is 0 Å². The van der Waals surface area contributed by atoms with Crippen LogP contribution >= 0.6 is 23.4 Å². The van der Waals surface area contributed by atoms with Gasteiger partial charge in [0.15, 0.2) is 5.82 Å². The van der Waals surface area contributed by atoms with E-state index in [0.29, 0.717) is 5.75 Å². The number of hydrogen-bond acceptors (Lipinski definition) is 5. The zero-order chi connectivity index (χ0) is 11.5. The molecular weight excluding hydrogens is 252 g/mol. The number of rotatable bonds is 2. The predicted molar refractivity (Wildman–Crippen MR) is 60.4 cm³/mol. The van der Waals surface area contributed by atoms with Gasteiger partial charge in [0, 0.05) is 5.75 Å². The summed E-state index contributed by atoms with van der Waals surface area (Å²) in [6.07, 6.45) is 2.75. The summed E-state index contributed by atoms with van der Waals surface area (Å²) in [5, 5.41) is 5.04. The van der Waals surface area contributed by atoms with E-state index in [1.54, 1.807) is 0 Å². The largest absolute Gasteiger partial charge is 0.334 e. The van der Waals surface area contributed by atoms with Crippen LogP contribution in [0.4, 0.5) is 10.6 Å². The highest BCUT2D eigenvalue weighted by Gasteiger charge is 2.28. The smallest absolute Gasteiger partial charge is 0.279 e. The zero-order valence-corrected chi connectivity index (χ0v) is 9.51. The number of carbonyl (C=O) groups is 2. The van der Waals surface area contributed by atoms with E-state index in [2.05, 4.69) is 20.6 Å². The van der Waals surface area contributed by atoms with Gasteiger partial charge in [-0.15, -0.1) is 0 Å². The molecule has 2 rings (SSSR count). The lowest BCUT2D eigenvalue weighted by Gasteiger charge is -2.08. The van der Waals surface area contributed by atoms with Gasteiger partial charge in [-0.1, -0.05) is 23.4 Å². The zero-order valence-electron chi connectivity index (χ0n) is 7.94. The predicted octanol–water partition coefficient (Wildman–Crippen LogP) is 0.893. The molecule has 1 fully saturated rings. The van der Waals surface area contributed by atoms with Crippen molar-refractivity contribution in [2.75, 3.05) is 11.1 Å². The number of aromatic nitrogens is 2. The Morgan fingerprint density at radius 2 is 2.44 bits per heavy atom. The minimum atomic E-state index is -0.529. The first-order valence-corrected chi connectivity index (χ1v) is 5.73. The summed E-state index contributed by atoms with van der Waals surface area (Å²) in [6.45, 7) is 0. The molecular formula is C8H7ClN4O2S. The summed E-state index contributed by atoms with van der Waals surface area (Å²) < 4.78 is 0. The second-order valence-electron chi connectivity index (χ2n) is 3.01. The Labute approximate surface area is 100 Å². The number of hydrogen-bond donors (Lipinski definition) is 2. The Balaban J connectivity index is 1.99. The van der Waals surface area contributed by atoms with E-state index >= 15 is 0 Å². The second-order valence-corrected chi connectivity index (χ2v) is 4.39. The third-order valence-electron chi connectivity index (χ3n) is 1.85. The van der Waals surface area contributed by atoms with Gasteiger partial charge in [-0.2, -0.15) is 0 Å². The molecule has 0 saturated carbocycles. The molecule has 2 heterocycles. The molecule has 1 aromatic heterocycles. The highest BCUT2D eigenvalue weighted by molar-refractivity contribution is 8.14. The van der Waals surface area contributed by atoms with Crippen LogP contribution in [0.1, 0.15) is 0 Å². The topological polar surface area (TPSA) is 84.0 Å². The Hall–Kier alpha value is -1.34. The molecule has 16 heavy (non-hydrogen) atoms. The molecule has 1 aliphatic heterocycles. The normalized spacial score (nSPS) is 19.3. The lowest BCUT2D eigenvalue weighted by molar-refractivity contribution is -0.117. The SMILES string of the molecule is O=C1NC(C(=O)Nc2cncc(Cl)n2)CS1. The van der Waals surface area contributed by atoms with Gasteiger partial charge in [0.05, 0.1) is 12.4 Å². The van der Waals surface area contributed by atoms with Crippen LogP contribution in [0, 0.1) is 0 Å². The van der Waals surface area contributed by atoms with Gasteiger partial charge >= 0.3 is 0 Å². The molecule has 1 unspecified atom stereocenters. The number of halogens is 1. The fourth-order valence-corrected chi connectivity index (χ4v) is 2.07. The van der Waals surface area contributed by atoms with Crippen molar-refractivity contribution >= 4 is 40.3 Å². The minimum Gasteiger partial charge on any atom is -0.334 e. The number of anilines is 1. The fraction of sp³-hybridized carbons (Fsp3) is 0.250. The van der Waals surface area contributed by atoms with Crippen LogP contribution in [0.15, 0.2) is 12.4 Å². The third-order valence-corrected chi connectivity index (χ3v) is 2.91. The molecule has 0 spiro atoms. The van der Waals surface area contributed by atoms with Crippen molar-refractivity contribution in [2.24, 2.45) is 0 Å². The first-order valence-electron chi connectivity index (χ1n) is 4.37. The van der Waals surface area contributed by atoms with E-state index in [4.69, 9.17) is 11.6 Å². The Bertz CT molecular complexity index is 442. The minimum absolute atomic E-state index is 0.197. The summed E-state index contributed by atoms with van der Waals surface area (Å²) in [7, 11) is 0. The van der Waals surface area contributed by atoms with Gasteiger partial charge in [0.25, 0.3) is 5.24 Å². The van der Waals surface area contributed by atoms with Gasteiger partial charge in [-0.3, -0.25) is 14.6 Å². The lowest BCUT2D eigenvalue weighted by Crippen LogP contribution is -2.38. The lowest BCUT2D eigenvalue weighted by atomic mass is 10.3. The molecule has 1 aliphatic rings. The van der Waals surface area contributed by atoms with Crippen LogP contribution < -0.4 is 10.6 Å². The van der Waals surface area contributed by atoms with Crippen molar-refractivity contribution in [3.8, 4) is 0 Å². The number of nitrogens with zero attached hydrogens (tertiary/aromatic N) is 2. The number of amides is 2. The summed E-state index contributed by atoms with van der Waals surface area (Å²) in [5.41, 5.74) is 0. The summed E-state index contributed by atoms with van der Waals surface area (Å²) in [6, 6.07) is -0.529. The van der Waals surface area contributed by atoms with Crippen LogP contribution in [0.5, 0.6) is 0 Å². The molecule has 0 aliphatic carbocycles. The average Bonchev–Trinajstić information content (AvgIpc) is 2.65. The maximum absolute atomic E-state index is 11.6. The van der Waals surface area contributed by atoms with Crippen molar-refractivity contribution in [1.82, 2.24) is 15.3 Å². The quantitative estimate of drug-likeness (QED) is 0.823. The van der Waals surface area contributed by atoms with E-state index in [9.17, 15) is 9.59 Å². The standard InChI is InChI=1S/C8H7ClN4O2S/c9-5-1-10-2-6(12-5)13-7(14)4-3-16-8(15)11-4/h1-2,4H,3H2,(H,11,15)(H,12,13,14). The van der Waals surface area contributed by atoms with E-state index in [-0.39, 0.29) is 22.1 Å². The number of thioether (sulfide) groups is 1. The van der Waals surface area contributed by atoms with Gasteiger partial charge in [0.1, 0.15) is 11.2 Å². The monoisotopic (exact) mass is 258 g/mol. The molecule has 1 aromatic rings. The Kier molecular flexibility index (Phi) is 3.25. The molecule has 0 aromatic carbocycles. The molecule has 0 radical (unpaired) electrons. The number of carbonyl (C=O) groups excluding carboxylic acids is 2. The highest BCUT2D eigenvalue weighted by atomic mass is 35.5. The van der Waals surface area contributed by atoms with Gasteiger partial charge < -0.3 is 10.6 Å². The van der Waals surface area contributed by atoms with Crippen LogP contribution in [-0.4, -0.2) is 32.9 Å². The summed E-state index contributed by atoms with van der Waals surface area (Å²) >= 11 is 6.69. The van der Waals surface area contributed by atoms with Crippen molar-refractivity contribution in [1.29, 1.82) is 0 Å². The van der Waals surface area contributed by atoms with E-state index in [1.165, 1.54) is 12.4 Å². The Morgan fingerprint density at radius 1 is 1.62 bits per heavy atom. The van der Waals surface area contributed by atoms with Gasteiger partial charge in [-0.25, -0.2) is 4.98 Å². The molecule has 0 bridgehead atoms. The maximum Gasteiger partial charge on any atom is 0.279 e. The second kappa shape index (κ2) is 4.67. The van der Waals surface area contributed by atoms with Crippen molar-refractivity contribution in [3.63, 3.8) is 0 Å². The first kappa shape index (κ1) is 11.2. The van der Waals surface area contributed by atoms with Gasteiger partial charge in [0.2, 0.25) is 5.91 Å².